The summed E-state index contributed by atoms with van der Waals surface area (Å²) >= 11 is 0. The Morgan fingerprint density at radius 1 is 1.22 bits per heavy atom. The van der Waals surface area contributed by atoms with Gasteiger partial charge in [0.1, 0.15) is 0 Å². The highest BCUT2D eigenvalue weighted by Gasteiger charge is 2.07. The van der Waals surface area contributed by atoms with Gasteiger partial charge in [0.15, 0.2) is 0 Å². The molecule has 0 saturated heterocycles. The van der Waals surface area contributed by atoms with E-state index >= 15 is 0 Å². The number of sulfonamides is 1. The Hall–Kier alpha value is -2.61. The van der Waals surface area contributed by atoms with Crippen molar-refractivity contribution in [3.05, 3.63) is 64.1 Å². The molecule has 122 valence electrons. The van der Waals surface area contributed by atoms with Crippen molar-refractivity contribution in [3.8, 4) is 0 Å². The quantitative estimate of drug-likeness (QED) is 0.840. The van der Waals surface area contributed by atoms with E-state index in [9.17, 15) is 18.0 Å². The summed E-state index contributed by atoms with van der Waals surface area (Å²) in [6, 6.07) is 9.51. The van der Waals surface area contributed by atoms with E-state index in [0.717, 1.165) is 11.8 Å². The largest absolute Gasteiger partial charge is 0.348 e. The Morgan fingerprint density at radius 3 is 2.61 bits per heavy atom. The Balaban J connectivity index is 2.05. The lowest BCUT2D eigenvalue weighted by molar-refractivity contribution is 0.0950. The minimum Gasteiger partial charge on any atom is -0.348 e. The van der Waals surface area contributed by atoms with Crippen LogP contribution in [0.4, 0.5) is 5.69 Å². The first-order valence-electron chi connectivity index (χ1n) is 6.76. The normalized spacial score (nSPS) is 11.0. The summed E-state index contributed by atoms with van der Waals surface area (Å²) in [6.45, 7) is 0.216. The number of aromatic nitrogens is 1. The predicted molar refractivity (Wildman–Crippen MR) is 87.8 cm³/mol. The number of benzene rings is 1. The zero-order valence-corrected chi connectivity index (χ0v) is 13.6. The van der Waals surface area contributed by atoms with E-state index in [2.05, 4.69) is 10.0 Å². The second-order valence-electron chi connectivity index (χ2n) is 5.12. The molecule has 0 bridgehead atoms. The highest BCUT2D eigenvalue weighted by Crippen LogP contribution is 2.12. The average Bonchev–Trinajstić information content (AvgIpc) is 2.46. The summed E-state index contributed by atoms with van der Waals surface area (Å²) in [5.74, 6) is -0.371. The number of pyridine rings is 1. The molecule has 0 fully saturated rings. The zero-order valence-electron chi connectivity index (χ0n) is 12.7. The molecule has 1 aromatic carbocycles. The second-order valence-corrected chi connectivity index (χ2v) is 6.87. The number of nitrogens with zero attached hydrogens (tertiary/aromatic N) is 1. The summed E-state index contributed by atoms with van der Waals surface area (Å²) < 4.78 is 26.2. The third-order valence-electron chi connectivity index (χ3n) is 3.05. The molecule has 1 amide bonds. The highest BCUT2D eigenvalue weighted by atomic mass is 32.2. The van der Waals surface area contributed by atoms with Crippen molar-refractivity contribution in [2.45, 2.75) is 6.54 Å². The van der Waals surface area contributed by atoms with Gasteiger partial charge in [-0.3, -0.25) is 14.3 Å². The highest BCUT2D eigenvalue weighted by molar-refractivity contribution is 7.92. The van der Waals surface area contributed by atoms with Crippen LogP contribution in [0.1, 0.15) is 15.9 Å². The molecule has 0 spiro atoms. The standard InChI is InChI=1S/C15H17N3O4S/c1-18-7-6-12(9-14(18)19)15(20)16-10-11-4-3-5-13(8-11)17-23(2,21)22/h3-9,17H,10H2,1-2H3,(H,16,20). The number of aryl methyl sites for hydroxylation is 1. The lowest BCUT2D eigenvalue weighted by Gasteiger charge is -2.08. The maximum atomic E-state index is 12.0. The lowest BCUT2D eigenvalue weighted by atomic mass is 10.2. The minimum atomic E-state index is -3.35. The molecule has 23 heavy (non-hydrogen) atoms. The van der Waals surface area contributed by atoms with Crippen LogP contribution in [0, 0.1) is 0 Å². The molecule has 0 radical (unpaired) electrons. The zero-order chi connectivity index (χ0) is 17.0. The van der Waals surface area contributed by atoms with Crippen molar-refractivity contribution in [1.82, 2.24) is 9.88 Å². The van der Waals surface area contributed by atoms with Crippen LogP contribution in [-0.4, -0.2) is 25.1 Å². The molecular weight excluding hydrogens is 318 g/mol. The number of nitrogens with one attached hydrogen (secondary N) is 2. The first kappa shape index (κ1) is 16.8. The molecule has 7 nitrogen and oxygen atoms in total. The Labute approximate surface area is 134 Å². The summed E-state index contributed by atoms with van der Waals surface area (Å²) in [6.07, 6.45) is 2.59. The number of hydrogen-bond donors (Lipinski definition) is 2. The van der Waals surface area contributed by atoms with Crippen molar-refractivity contribution in [3.63, 3.8) is 0 Å². The molecular formula is C15H17N3O4S. The molecule has 2 aromatic rings. The van der Waals surface area contributed by atoms with Crippen LogP contribution in [0.25, 0.3) is 0 Å². The van der Waals surface area contributed by atoms with Gasteiger partial charge < -0.3 is 9.88 Å². The fourth-order valence-corrected chi connectivity index (χ4v) is 2.49. The average molecular weight is 335 g/mol. The molecule has 0 unspecified atom stereocenters. The van der Waals surface area contributed by atoms with Crippen LogP contribution in [0.3, 0.4) is 0 Å². The summed E-state index contributed by atoms with van der Waals surface area (Å²) in [5, 5.41) is 2.69. The third kappa shape index (κ3) is 4.96. The van der Waals surface area contributed by atoms with E-state index in [1.54, 1.807) is 37.4 Å². The summed E-state index contributed by atoms with van der Waals surface area (Å²) in [5.41, 5.74) is 1.17. The molecule has 2 rings (SSSR count). The van der Waals surface area contributed by atoms with Crippen LogP contribution in [-0.2, 0) is 23.6 Å². The third-order valence-corrected chi connectivity index (χ3v) is 3.66. The number of amides is 1. The van der Waals surface area contributed by atoms with Crippen molar-refractivity contribution in [1.29, 1.82) is 0 Å². The smallest absolute Gasteiger partial charge is 0.251 e. The van der Waals surface area contributed by atoms with Crippen molar-refractivity contribution in [2.75, 3.05) is 11.0 Å². The van der Waals surface area contributed by atoms with Crippen LogP contribution in [0.2, 0.25) is 0 Å². The van der Waals surface area contributed by atoms with Gasteiger partial charge in [-0.05, 0) is 23.8 Å². The van der Waals surface area contributed by atoms with Gasteiger partial charge in [-0.1, -0.05) is 12.1 Å². The number of carbonyl (C=O) groups excluding carboxylic acids is 1. The number of anilines is 1. The topological polar surface area (TPSA) is 97.3 Å². The fraction of sp³-hybridized carbons (Fsp3) is 0.200. The maximum absolute atomic E-state index is 12.0. The maximum Gasteiger partial charge on any atom is 0.251 e. The molecule has 0 saturated carbocycles. The molecule has 0 atom stereocenters. The summed E-state index contributed by atoms with van der Waals surface area (Å²) in [7, 11) is -1.75. The van der Waals surface area contributed by atoms with Crippen molar-refractivity contribution < 1.29 is 13.2 Å². The SMILES string of the molecule is Cn1ccc(C(=O)NCc2cccc(NS(C)(=O)=O)c2)cc1=O. The van der Waals surface area contributed by atoms with Crippen molar-refractivity contribution >= 4 is 21.6 Å². The molecule has 0 aliphatic heterocycles. The molecule has 1 aromatic heterocycles. The van der Waals surface area contributed by atoms with Gasteiger partial charge in [0, 0.05) is 37.1 Å². The van der Waals surface area contributed by atoms with Crippen LogP contribution in [0.15, 0.2) is 47.4 Å². The van der Waals surface area contributed by atoms with Gasteiger partial charge in [0.05, 0.1) is 6.26 Å². The molecule has 0 aliphatic rings. The van der Waals surface area contributed by atoms with Gasteiger partial charge in [-0.2, -0.15) is 0 Å². The number of carbonyl (C=O) groups is 1. The van der Waals surface area contributed by atoms with E-state index < -0.39 is 10.0 Å². The van der Waals surface area contributed by atoms with E-state index in [1.165, 1.54) is 16.8 Å². The van der Waals surface area contributed by atoms with Crippen LogP contribution < -0.4 is 15.6 Å². The predicted octanol–water partition coefficient (Wildman–Crippen LogP) is 0.687. The lowest BCUT2D eigenvalue weighted by Crippen LogP contribution is -2.25. The summed E-state index contributed by atoms with van der Waals surface area (Å²) in [4.78, 5) is 23.5. The second kappa shape index (κ2) is 6.66. The Bertz CT molecular complexity index is 888. The van der Waals surface area contributed by atoms with Gasteiger partial charge in [-0.15, -0.1) is 0 Å². The first-order valence-corrected chi connectivity index (χ1v) is 8.65. The van der Waals surface area contributed by atoms with Gasteiger partial charge >= 0.3 is 0 Å². The monoisotopic (exact) mass is 335 g/mol. The van der Waals surface area contributed by atoms with Gasteiger partial charge in [0.2, 0.25) is 10.0 Å². The fourth-order valence-electron chi connectivity index (χ4n) is 1.93. The molecule has 2 N–H and O–H groups in total. The van der Waals surface area contributed by atoms with Gasteiger partial charge in [-0.25, -0.2) is 8.42 Å². The van der Waals surface area contributed by atoms with Gasteiger partial charge in [0.25, 0.3) is 11.5 Å². The van der Waals surface area contributed by atoms with E-state index in [-0.39, 0.29) is 23.6 Å². The molecule has 0 aliphatic carbocycles. The first-order chi connectivity index (χ1) is 10.7. The van der Waals surface area contributed by atoms with E-state index in [1.807, 2.05) is 0 Å². The molecule has 8 heteroatoms. The molecule has 1 heterocycles. The van der Waals surface area contributed by atoms with E-state index in [0.29, 0.717) is 5.69 Å². The van der Waals surface area contributed by atoms with Crippen LogP contribution in [0.5, 0.6) is 0 Å². The Kier molecular flexibility index (Phi) is 4.85. The number of hydrogen-bond acceptors (Lipinski definition) is 4. The van der Waals surface area contributed by atoms with Crippen LogP contribution >= 0.6 is 0 Å². The number of rotatable bonds is 5. The van der Waals surface area contributed by atoms with E-state index in [4.69, 9.17) is 0 Å². The Morgan fingerprint density at radius 2 is 1.96 bits per heavy atom. The van der Waals surface area contributed by atoms with Crippen molar-refractivity contribution in [2.24, 2.45) is 7.05 Å². The minimum absolute atomic E-state index is 0.216.